The molecule has 0 saturated heterocycles. The summed E-state index contributed by atoms with van der Waals surface area (Å²) in [5, 5.41) is 13.6. The Labute approximate surface area is 127 Å². The summed E-state index contributed by atoms with van der Waals surface area (Å²) < 4.78 is 5.43. The zero-order valence-corrected chi connectivity index (χ0v) is 13.0. The Morgan fingerprint density at radius 1 is 1.05 bits per heavy atom. The van der Waals surface area contributed by atoms with E-state index in [1.807, 2.05) is 24.3 Å². The van der Waals surface area contributed by atoms with Gasteiger partial charge in [-0.2, -0.15) is 0 Å². The first kappa shape index (κ1) is 14.7. The minimum Gasteiger partial charge on any atom is -0.495 e. The van der Waals surface area contributed by atoms with E-state index in [1.54, 1.807) is 7.11 Å². The highest BCUT2D eigenvalue weighted by atomic mass is 16.5. The molecule has 0 radical (unpaired) electrons. The second-order valence-electron chi connectivity index (χ2n) is 6.97. The van der Waals surface area contributed by atoms with E-state index in [0.29, 0.717) is 5.41 Å². The molecule has 3 nitrogen and oxygen atoms in total. The van der Waals surface area contributed by atoms with Crippen LogP contribution in [0.25, 0.3) is 0 Å². The topological polar surface area (TPSA) is 41.5 Å². The van der Waals surface area contributed by atoms with Crippen molar-refractivity contribution in [2.24, 2.45) is 5.41 Å². The molecule has 0 bridgehead atoms. The molecule has 0 amide bonds. The fourth-order valence-corrected chi connectivity index (χ4v) is 4.24. The molecule has 21 heavy (non-hydrogen) atoms. The van der Waals surface area contributed by atoms with E-state index in [-0.39, 0.29) is 12.1 Å². The first-order valence-corrected chi connectivity index (χ1v) is 8.23. The van der Waals surface area contributed by atoms with Gasteiger partial charge in [-0.05, 0) is 56.1 Å². The molecule has 3 heteroatoms. The molecule has 1 aromatic carbocycles. The zero-order chi connectivity index (χ0) is 14.8. The van der Waals surface area contributed by atoms with Crippen molar-refractivity contribution in [3.05, 3.63) is 24.3 Å². The molecular formula is C18H27NO2. The van der Waals surface area contributed by atoms with Gasteiger partial charge in [-0.1, -0.05) is 25.0 Å². The lowest BCUT2D eigenvalue weighted by atomic mass is 9.66. The second kappa shape index (κ2) is 5.88. The number of methoxy groups -OCH3 is 1. The molecule has 3 rings (SSSR count). The van der Waals surface area contributed by atoms with Crippen LogP contribution in [0.1, 0.15) is 51.4 Å². The Morgan fingerprint density at radius 3 is 2.33 bits per heavy atom. The van der Waals surface area contributed by atoms with Gasteiger partial charge in [-0.25, -0.2) is 0 Å². The van der Waals surface area contributed by atoms with Gasteiger partial charge in [0.2, 0.25) is 0 Å². The van der Waals surface area contributed by atoms with Crippen molar-refractivity contribution in [3.63, 3.8) is 0 Å². The molecule has 0 atom stereocenters. The molecule has 116 valence electrons. The summed E-state index contributed by atoms with van der Waals surface area (Å²) in [7, 11) is 1.69. The standard InChI is InChI=1S/C18H27NO2/c1-21-16-7-3-2-6-15(16)19-18(14-20)12-10-17(11-13-18)8-4-5-9-17/h2-3,6-7,19-20H,4-5,8-14H2,1H3. The fourth-order valence-electron chi connectivity index (χ4n) is 4.24. The van der Waals surface area contributed by atoms with Crippen LogP contribution in [-0.2, 0) is 0 Å². The third kappa shape index (κ3) is 2.89. The van der Waals surface area contributed by atoms with Gasteiger partial charge in [-0.15, -0.1) is 0 Å². The Hall–Kier alpha value is -1.22. The van der Waals surface area contributed by atoms with Crippen molar-refractivity contribution in [2.45, 2.75) is 56.9 Å². The van der Waals surface area contributed by atoms with Gasteiger partial charge in [0.1, 0.15) is 5.75 Å². The third-order valence-corrected chi connectivity index (χ3v) is 5.74. The molecule has 2 aliphatic rings. The lowest BCUT2D eigenvalue weighted by molar-refractivity contribution is 0.0999. The highest BCUT2D eigenvalue weighted by Crippen LogP contribution is 2.51. The van der Waals surface area contributed by atoms with Crippen LogP contribution in [0.4, 0.5) is 5.69 Å². The van der Waals surface area contributed by atoms with Crippen LogP contribution in [0.2, 0.25) is 0 Å². The molecule has 0 heterocycles. The number of anilines is 1. The Kier molecular flexibility index (Phi) is 4.12. The van der Waals surface area contributed by atoms with E-state index in [4.69, 9.17) is 4.74 Å². The van der Waals surface area contributed by atoms with Crippen molar-refractivity contribution in [3.8, 4) is 5.75 Å². The van der Waals surface area contributed by atoms with Gasteiger partial charge in [0.05, 0.1) is 24.9 Å². The van der Waals surface area contributed by atoms with E-state index in [2.05, 4.69) is 5.32 Å². The zero-order valence-electron chi connectivity index (χ0n) is 13.0. The highest BCUT2D eigenvalue weighted by Gasteiger charge is 2.43. The highest BCUT2D eigenvalue weighted by molar-refractivity contribution is 5.57. The van der Waals surface area contributed by atoms with E-state index in [9.17, 15) is 5.11 Å². The molecule has 0 aromatic heterocycles. The maximum Gasteiger partial charge on any atom is 0.141 e. The summed E-state index contributed by atoms with van der Waals surface area (Å²) in [6.07, 6.45) is 10.2. The van der Waals surface area contributed by atoms with Gasteiger partial charge in [0.25, 0.3) is 0 Å². The van der Waals surface area contributed by atoms with Gasteiger partial charge in [0.15, 0.2) is 0 Å². The summed E-state index contributed by atoms with van der Waals surface area (Å²) in [6, 6.07) is 7.99. The van der Waals surface area contributed by atoms with Gasteiger partial charge in [-0.3, -0.25) is 0 Å². The van der Waals surface area contributed by atoms with Crippen LogP contribution >= 0.6 is 0 Å². The van der Waals surface area contributed by atoms with Gasteiger partial charge in [0, 0.05) is 0 Å². The number of benzene rings is 1. The van der Waals surface area contributed by atoms with E-state index >= 15 is 0 Å². The largest absolute Gasteiger partial charge is 0.495 e. The molecule has 0 unspecified atom stereocenters. The van der Waals surface area contributed by atoms with Crippen LogP contribution in [-0.4, -0.2) is 24.4 Å². The molecule has 0 aliphatic heterocycles. The Morgan fingerprint density at radius 2 is 1.71 bits per heavy atom. The van der Waals surface area contributed by atoms with Crippen molar-refractivity contribution >= 4 is 5.69 Å². The number of aliphatic hydroxyl groups excluding tert-OH is 1. The van der Waals surface area contributed by atoms with Crippen LogP contribution in [0.15, 0.2) is 24.3 Å². The van der Waals surface area contributed by atoms with Gasteiger partial charge < -0.3 is 15.2 Å². The minimum absolute atomic E-state index is 0.178. The summed E-state index contributed by atoms with van der Waals surface area (Å²) in [5.41, 5.74) is 1.40. The predicted molar refractivity (Wildman–Crippen MR) is 85.8 cm³/mol. The number of nitrogens with one attached hydrogen (secondary N) is 1. The quantitative estimate of drug-likeness (QED) is 0.881. The van der Waals surface area contributed by atoms with Crippen LogP contribution in [0.5, 0.6) is 5.75 Å². The number of ether oxygens (including phenoxy) is 1. The first-order valence-electron chi connectivity index (χ1n) is 8.23. The number of hydrogen-bond donors (Lipinski definition) is 2. The van der Waals surface area contributed by atoms with Crippen molar-refractivity contribution in [1.82, 2.24) is 0 Å². The van der Waals surface area contributed by atoms with E-state index < -0.39 is 0 Å². The number of rotatable bonds is 4. The number of hydrogen-bond acceptors (Lipinski definition) is 3. The van der Waals surface area contributed by atoms with Crippen molar-refractivity contribution in [2.75, 3.05) is 19.0 Å². The van der Waals surface area contributed by atoms with Crippen molar-refractivity contribution < 1.29 is 9.84 Å². The SMILES string of the molecule is COc1ccccc1NC1(CO)CCC2(CCCC2)CC1. The Bertz CT molecular complexity index is 470. The first-order chi connectivity index (χ1) is 10.2. The van der Waals surface area contributed by atoms with E-state index in [1.165, 1.54) is 38.5 Å². The smallest absolute Gasteiger partial charge is 0.141 e. The normalized spacial score (nSPS) is 23.1. The predicted octanol–water partition coefficient (Wildman–Crippen LogP) is 3.97. The van der Waals surface area contributed by atoms with Crippen LogP contribution in [0.3, 0.4) is 0 Å². The molecule has 1 aromatic rings. The molecule has 1 spiro atoms. The summed E-state index contributed by atoms with van der Waals surface area (Å²) in [6.45, 7) is 0.196. The van der Waals surface area contributed by atoms with Crippen molar-refractivity contribution in [1.29, 1.82) is 0 Å². The maximum atomic E-state index is 9.99. The van der Waals surface area contributed by atoms with Crippen LogP contribution < -0.4 is 10.1 Å². The third-order valence-electron chi connectivity index (χ3n) is 5.74. The number of para-hydroxylation sites is 2. The molecule has 2 N–H and O–H groups in total. The average Bonchev–Trinajstić information content (AvgIpc) is 2.99. The number of aliphatic hydroxyl groups is 1. The summed E-state index contributed by atoms with van der Waals surface area (Å²) >= 11 is 0. The molecular weight excluding hydrogens is 262 g/mol. The van der Waals surface area contributed by atoms with Gasteiger partial charge >= 0.3 is 0 Å². The second-order valence-corrected chi connectivity index (χ2v) is 6.97. The maximum absolute atomic E-state index is 9.99. The lowest BCUT2D eigenvalue weighted by Gasteiger charge is -2.45. The molecule has 2 fully saturated rings. The summed E-state index contributed by atoms with van der Waals surface area (Å²) in [5.74, 6) is 0.853. The lowest BCUT2D eigenvalue weighted by Crippen LogP contribution is -2.47. The fraction of sp³-hybridized carbons (Fsp3) is 0.667. The van der Waals surface area contributed by atoms with Crippen LogP contribution in [0, 0.1) is 5.41 Å². The summed E-state index contributed by atoms with van der Waals surface area (Å²) in [4.78, 5) is 0. The minimum atomic E-state index is -0.178. The molecule has 2 saturated carbocycles. The average molecular weight is 289 g/mol. The Balaban J connectivity index is 1.73. The monoisotopic (exact) mass is 289 g/mol. The molecule has 2 aliphatic carbocycles. The van der Waals surface area contributed by atoms with E-state index in [0.717, 1.165) is 24.3 Å².